The van der Waals surface area contributed by atoms with Crippen molar-refractivity contribution in [2.45, 2.75) is 52.5 Å². The molecule has 0 radical (unpaired) electrons. The van der Waals surface area contributed by atoms with E-state index in [2.05, 4.69) is 42.2 Å². The highest BCUT2D eigenvalue weighted by atomic mass is 15.3. The number of hydrogen-bond acceptors (Lipinski definition) is 3. The van der Waals surface area contributed by atoms with Gasteiger partial charge in [-0.15, -0.1) is 5.10 Å². The van der Waals surface area contributed by atoms with Crippen LogP contribution in [0.25, 0.3) is 5.65 Å². The Kier molecular flexibility index (Phi) is 4.18. The molecule has 0 aromatic carbocycles. The van der Waals surface area contributed by atoms with Crippen LogP contribution >= 0.6 is 0 Å². The molecule has 1 atom stereocenters. The predicted molar refractivity (Wildman–Crippen MR) is 75.0 cm³/mol. The number of hydrogen-bond donors (Lipinski definition) is 1. The molecule has 0 saturated heterocycles. The minimum absolute atomic E-state index is 0.426. The van der Waals surface area contributed by atoms with Crippen molar-refractivity contribution in [1.29, 1.82) is 0 Å². The van der Waals surface area contributed by atoms with Crippen LogP contribution in [0.5, 0.6) is 0 Å². The molecule has 0 aliphatic carbocycles. The van der Waals surface area contributed by atoms with E-state index < -0.39 is 0 Å². The third kappa shape index (κ3) is 3.22. The maximum atomic E-state index is 4.46. The molecule has 4 nitrogen and oxygen atoms in total. The van der Waals surface area contributed by atoms with Gasteiger partial charge in [0.25, 0.3) is 0 Å². The summed E-state index contributed by atoms with van der Waals surface area (Å²) in [5, 5.41) is 7.80. The van der Waals surface area contributed by atoms with Crippen molar-refractivity contribution >= 4 is 11.6 Å². The van der Waals surface area contributed by atoms with Crippen LogP contribution in [0.1, 0.15) is 45.1 Å². The van der Waals surface area contributed by atoms with E-state index in [4.69, 9.17) is 0 Å². The highest BCUT2D eigenvalue weighted by Crippen LogP contribution is 2.10. The molecule has 98 valence electrons. The molecule has 0 fully saturated rings. The number of nitrogens with zero attached hydrogens (tertiary/aromatic N) is 3. The van der Waals surface area contributed by atoms with Gasteiger partial charge in [0, 0.05) is 12.2 Å². The van der Waals surface area contributed by atoms with Gasteiger partial charge in [0.2, 0.25) is 5.95 Å². The van der Waals surface area contributed by atoms with Gasteiger partial charge in [0.15, 0.2) is 5.65 Å². The Morgan fingerprint density at radius 3 is 2.94 bits per heavy atom. The molecule has 1 N–H and O–H groups in total. The lowest BCUT2D eigenvalue weighted by molar-refractivity contribution is 0.612. The number of fused-ring (bicyclic) bond motifs is 1. The quantitative estimate of drug-likeness (QED) is 0.794. The van der Waals surface area contributed by atoms with Crippen LogP contribution < -0.4 is 5.32 Å². The second-order valence-electron chi connectivity index (χ2n) is 4.99. The lowest BCUT2D eigenvalue weighted by Gasteiger charge is -2.11. The average molecular weight is 246 g/mol. The van der Waals surface area contributed by atoms with Gasteiger partial charge < -0.3 is 5.32 Å². The fraction of sp³-hybridized carbons (Fsp3) is 0.571. The van der Waals surface area contributed by atoms with E-state index in [0.29, 0.717) is 6.04 Å². The molecule has 1 unspecified atom stereocenters. The summed E-state index contributed by atoms with van der Waals surface area (Å²) in [6.07, 6.45) is 6.98. The fourth-order valence-corrected chi connectivity index (χ4v) is 2.04. The van der Waals surface area contributed by atoms with E-state index in [1.165, 1.54) is 31.2 Å². The number of aryl methyl sites for hydroxylation is 1. The number of pyridine rings is 1. The average Bonchev–Trinajstić information content (AvgIpc) is 2.70. The second kappa shape index (κ2) is 5.85. The third-order valence-electron chi connectivity index (χ3n) is 3.10. The van der Waals surface area contributed by atoms with Crippen LogP contribution in [0.4, 0.5) is 5.95 Å². The molecule has 18 heavy (non-hydrogen) atoms. The molecule has 0 bridgehead atoms. The van der Waals surface area contributed by atoms with E-state index in [-0.39, 0.29) is 0 Å². The molecule has 0 aliphatic heterocycles. The zero-order valence-corrected chi connectivity index (χ0v) is 11.5. The molecule has 0 saturated carbocycles. The van der Waals surface area contributed by atoms with Gasteiger partial charge in [-0.1, -0.05) is 32.3 Å². The Hall–Kier alpha value is -1.58. The van der Waals surface area contributed by atoms with Crippen LogP contribution in [0.3, 0.4) is 0 Å². The summed E-state index contributed by atoms with van der Waals surface area (Å²) in [6, 6.07) is 4.48. The second-order valence-corrected chi connectivity index (χ2v) is 4.99. The van der Waals surface area contributed by atoms with Crippen LogP contribution in [-0.4, -0.2) is 20.6 Å². The topological polar surface area (TPSA) is 42.2 Å². The van der Waals surface area contributed by atoms with Gasteiger partial charge in [0.1, 0.15) is 0 Å². The monoisotopic (exact) mass is 246 g/mol. The van der Waals surface area contributed by atoms with Crippen molar-refractivity contribution in [3.05, 3.63) is 23.9 Å². The van der Waals surface area contributed by atoms with Gasteiger partial charge in [-0.3, -0.25) is 0 Å². The van der Waals surface area contributed by atoms with E-state index in [1.807, 2.05) is 16.8 Å². The largest absolute Gasteiger partial charge is 0.350 e. The Labute approximate surface area is 108 Å². The Balaban J connectivity index is 1.98. The Morgan fingerprint density at radius 1 is 1.33 bits per heavy atom. The number of aromatic nitrogens is 3. The van der Waals surface area contributed by atoms with E-state index in [1.54, 1.807) is 0 Å². The lowest BCUT2D eigenvalue weighted by Crippen LogP contribution is -2.15. The van der Waals surface area contributed by atoms with Crippen molar-refractivity contribution in [1.82, 2.24) is 14.6 Å². The standard InChI is InChI=1S/C14H22N4/c1-4-5-6-7-12(3)15-14-16-13-9-8-11(2)10-18(13)17-14/h8-10,12H,4-7H2,1-3H3,(H,15,17). The Bertz CT molecular complexity index is 503. The molecule has 2 aromatic heterocycles. The summed E-state index contributed by atoms with van der Waals surface area (Å²) in [5.74, 6) is 0.726. The molecule has 2 rings (SSSR count). The first-order valence-corrected chi connectivity index (χ1v) is 6.78. The first-order chi connectivity index (χ1) is 8.69. The van der Waals surface area contributed by atoms with E-state index in [0.717, 1.165) is 11.6 Å². The summed E-state index contributed by atoms with van der Waals surface area (Å²) in [6.45, 7) is 6.47. The van der Waals surface area contributed by atoms with Crippen LogP contribution in [0.15, 0.2) is 18.3 Å². The molecule has 0 spiro atoms. The van der Waals surface area contributed by atoms with Crippen LogP contribution in [-0.2, 0) is 0 Å². The van der Waals surface area contributed by atoms with Gasteiger partial charge >= 0.3 is 0 Å². The van der Waals surface area contributed by atoms with Crippen molar-refractivity contribution in [2.24, 2.45) is 0 Å². The number of nitrogens with one attached hydrogen (secondary N) is 1. The first-order valence-electron chi connectivity index (χ1n) is 6.78. The van der Waals surface area contributed by atoms with Gasteiger partial charge in [-0.25, -0.2) is 4.52 Å². The molecular weight excluding hydrogens is 224 g/mol. The van der Waals surface area contributed by atoms with E-state index in [9.17, 15) is 0 Å². The minimum Gasteiger partial charge on any atom is -0.350 e. The van der Waals surface area contributed by atoms with Crippen molar-refractivity contribution in [2.75, 3.05) is 5.32 Å². The van der Waals surface area contributed by atoms with Crippen molar-refractivity contribution in [3.63, 3.8) is 0 Å². The summed E-state index contributed by atoms with van der Waals surface area (Å²) >= 11 is 0. The molecule has 2 aromatic rings. The summed E-state index contributed by atoms with van der Waals surface area (Å²) < 4.78 is 1.83. The Morgan fingerprint density at radius 2 is 2.17 bits per heavy atom. The molecule has 0 amide bonds. The highest BCUT2D eigenvalue weighted by Gasteiger charge is 2.07. The fourth-order valence-electron chi connectivity index (χ4n) is 2.04. The molecular formula is C14H22N4. The zero-order valence-electron chi connectivity index (χ0n) is 11.5. The van der Waals surface area contributed by atoms with Crippen molar-refractivity contribution in [3.8, 4) is 0 Å². The van der Waals surface area contributed by atoms with E-state index >= 15 is 0 Å². The highest BCUT2D eigenvalue weighted by molar-refractivity contribution is 5.44. The molecule has 4 heteroatoms. The summed E-state index contributed by atoms with van der Waals surface area (Å²) in [5.41, 5.74) is 2.08. The number of rotatable bonds is 6. The third-order valence-corrected chi connectivity index (χ3v) is 3.10. The minimum atomic E-state index is 0.426. The summed E-state index contributed by atoms with van der Waals surface area (Å²) in [7, 11) is 0. The SMILES string of the molecule is CCCCCC(C)Nc1nc2ccc(C)cn2n1. The van der Waals surface area contributed by atoms with Crippen LogP contribution in [0.2, 0.25) is 0 Å². The lowest BCUT2D eigenvalue weighted by atomic mass is 10.1. The van der Waals surface area contributed by atoms with Gasteiger partial charge in [0.05, 0.1) is 0 Å². The number of unbranched alkanes of at least 4 members (excludes halogenated alkanes) is 2. The maximum absolute atomic E-state index is 4.46. The maximum Gasteiger partial charge on any atom is 0.243 e. The molecule has 2 heterocycles. The normalized spacial score (nSPS) is 12.8. The van der Waals surface area contributed by atoms with Gasteiger partial charge in [-0.05, 0) is 31.9 Å². The molecule has 0 aliphatic rings. The van der Waals surface area contributed by atoms with Gasteiger partial charge in [-0.2, -0.15) is 4.98 Å². The van der Waals surface area contributed by atoms with Crippen LogP contribution in [0, 0.1) is 6.92 Å². The van der Waals surface area contributed by atoms with Crippen molar-refractivity contribution < 1.29 is 0 Å². The zero-order chi connectivity index (χ0) is 13.0. The first kappa shape index (κ1) is 12.9. The predicted octanol–water partition coefficient (Wildman–Crippen LogP) is 3.42. The number of anilines is 1. The summed E-state index contributed by atoms with van der Waals surface area (Å²) in [4.78, 5) is 4.46. The smallest absolute Gasteiger partial charge is 0.243 e.